The SMILES string of the molecule is O=C1C(O)=C(c2ccccc2)C(c2cccc(Br)c2)N1Cc1ccccn1. The number of aliphatic hydroxyl groups is 1. The van der Waals surface area contributed by atoms with Crippen molar-refractivity contribution >= 4 is 27.4 Å². The third-order valence-corrected chi connectivity index (χ3v) is 5.10. The average Bonchev–Trinajstić information content (AvgIpc) is 2.94. The van der Waals surface area contributed by atoms with E-state index >= 15 is 0 Å². The van der Waals surface area contributed by atoms with Gasteiger partial charge < -0.3 is 10.0 Å². The normalized spacial score (nSPS) is 16.9. The number of amides is 1. The van der Waals surface area contributed by atoms with Crippen LogP contribution in [0.4, 0.5) is 0 Å². The Balaban J connectivity index is 1.83. The highest BCUT2D eigenvalue weighted by Crippen LogP contribution is 2.43. The van der Waals surface area contributed by atoms with Gasteiger partial charge in [-0.3, -0.25) is 9.78 Å². The number of carbonyl (C=O) groups excluding carboxylic acids is 1. The van der Waals surface area contributed by atoms with Gasteiger partial charge in [0.25, 0.3) is 5.91 Å². The molecule has 1 aliphatic rings. The average molecular weight is 421 g/mol. The van der Waals surface area contributed by atoms with E-state index in [-0.39, 0.29) is 17.7 Å². The quantitative estimate of drug-likeness (QED) is 0.652. The van der Waals surface area contributed by atoms with Crippen LogP contribution in [-0.2, 0) is 11.3 Å². The fourth-order valence-electron chi connectivity index (χ4n) is 3.42. The molecular weight excluding hydrogens is 404 g/mol. The van der Waals surface area contributed by atoms with Crippen molar-refractivity contribution in [3.8, 4) is 0 Å². The Hall–Kier alpha value is -2.92. The van der Waals surface area contributed by atoms with Gasteiger partial charge >= 0.3 is 0 Å². The van der Waals surface area contributed by atoms with E-state index in [0.717, 1.165) is 21.3 Å². The number of benzene rings is 2. The number of hydrogen-bond donors (Lipinski definition) is 1. The summed E-state index contributed by atoms with van der Waals surface area (Å²) in [4.78, 5) is 19.0. The Labute approximate surface area is 165 Å². The molecule has 0 saturated heterocycles. The minimum Gasteiger partial charge on any atom is -0.503 e. The first-order valence-corrected chi connectivity index (χ1v) is 9.39. The second-order valence-corrected chi connectivity index (χ2v) is 7.26. The summed E-state index contributed by atoms with van der Waals surface area (Å²) in [7, 11) is 0. The first-order valence-electron chi connectivity index (χ1n) is 8.60. The maximum atomic E-state index is 12.9. The summed E-state index contributed by atoms with van der Waals surface area (Å²) in [5.41, 5.74) is 3.15. The van der Waals surface area contributed by atoms with Crippen LogP contribution in [0.15, 0.2) is 89.2 Å². The molecule has 27 heavy (non-hydrogen) atoms. The fraction of sp³-hybridized carbons (Fsp3) is 0.0909. The zero-order valence-electron chi connectivity index (χ0n) is 14.4. The van der Waals surface area contributed by atoms with Gasteiger partial charge in [-0.25, -0.2) is 0 Å². The van der Waals surface area contributed by atoms with Gasteiger partial charge in [0.15, 0.2) is 5.76 Å². The van der Waals surface area contributed by atoms with Crippen molar-refractivity contribution in [1.82, 2.24) is 9.88 Å². The van der Waals surface area contributed by atoms with Crippen LogP contribution >= 0.6 is 15.9 Å². The van der Waals surface area contributed by atoms with Crippen LogP contribution in [0.2, 0.25) is 0 Å². The second kappa shape index (κ2) is 7.37. The molecule has 2 heterocycles. The van der Waals surface area contributed by atoms with Crippen LogP contribution in [0.5, 0.6) is 0 Å². The van der Waals surface area contributed by atoms with Crippen molar-refractivity contribution in [3.63, 3.8) is 0 Å². The molecule has 4 nitrogen and oxygen atoms in total. The summed E-state index contributed by atoms with van der Waals surface area (Å²) in [6.45, 7) is 0.317. The van der Waals surface area contributed by atoms with Crippen molar-refractivity contribution in [2.24, 2.45) is 0 Å². The first-order chi connectivity index (χ1) is 13.1. The Morgan fingerprint density at radius 2 is 1.78 bits per heavy atom. The fourth-order valence-corrected chi connectivity index (χ4v) is 3.84. The molecule has 1 amide bonds. The van der Waals surface area contributed by atoms with Crippen LogP contribution in [-0.4, -0.2) is 20.9 Å². The van der Waals surface area contributed by atoms with E-state index in [9.17, 15) is 9.90 Å². The second-order valence-electron chi connectivity index (χ2n) is 6.34. The minimum absolute atomic E-state index is 0.206. The maximum Gasteiger partial charge on any atom is 0.290 e. The number of nitrogens with zero attached hydrogens (tertiary/aromatic N) is 2. The van der Waals surface area contributed by atoms with Gasteiger partial charge in [0.2, 0.25) is 0 Å². The molecule has 1 aromatic heterocycles. The molecule has 1 atom stereocenters. The predicted octanol–water partition coefficient (Wildman–Crippen LogP) is 4.90. The van der Waals surface area contributed by atoms with E-state index in [0.29, 0.717) is 12.1 Å². The number of pyridine rings is 1. The lowest BCUT2D eigenvalue weighted by Gasteiger charge is -2.27. The maximum absolute atomic E-state index is 12.9. The molecule has 1 aliphatic heterocycles. The minimum atomic E-state index is -0.389. The van der Waals surface area contributed by atoms with Gasteiger partial charge in [0, 0.05) is 16.2 Å². The van der Waals surface area contributed by atoms with E-state index in [2.05, 4.69) is 20.9 Å². The lowest BCUT2D eigenvalue weighted by molar-refractivity contribution is -0.130. The number of carbonyl (C=O) groups is 1. The summed E-state index contributed by atoms with van der Waals surface area (Å²) in [5, 5.41) is 10.7. The van der Waals surface area contributed by atoms with E-state index in [1.807, 2.05) is 72.8 Å². The number of aromatic nitrogens is 1. The van der Waals surface area contributed by atoms with Crippen molar-refractivity contribution in [2.45, 2.75) is 12.6 Å². The highest BCUT2D eigenvalue weighted by atomic mass is 79.9. The lowest BCUT2D eigenvalue weighted by atomic mass is 9.93. The molecule has 4 rings (SSSR count). The molecule has 3 aromatic rings. The molecule has 0 saturated carbocycles. The zero-order chi connectivity index (χ0) is 18.8. The van der Waals surface area contributed by atoms with Crippen molar-refractivity contribution in [1.29, 1.82) is 0 Å². The van der Waals surface area contributed by atoms with Gasteiger partial charge in [-0.1, -0.05) is 64.5 Å². The topological polar surface area (TPSA) is 53.4 Å². The Kier molecular flexibility index (Phi) is 4.77. The van der Waals surface area contributed by atoms with Gasteiger partial charge in [-0.05, 0) is 35.4 Å². The highest BCUT2D eigenvalue weighted by Gasteiger charge is 2.41. The molecule has 0 bridgehead atoms. The summed E-state index contributed by atoms with van der Waals surface area (Å²) in [6.07, 6.45) is 1.70. The number of rotatable bonds is 4. The summed E-state index contributed by atoms with van der Waals surface area (Å²) in [5.74, 6) is -0.591. The van der Waals surface area contributed by atoms with Crippen molar-refractivity contribution in [2.75, 3.05) is 0 Å². The number of aliphatic hydroxyl groups excluding tert-OH is 1. The van der Waals surface area contributed by atoms with Crippen LogP contribution < -0.4 is 0 Å². The van der Waals surface area contributed by atoms with Gasteiger partial charge in [-0.2, -0.15) is 0 Å². The number of halogens is 1. The molecule has 0 spiro atoms. The summed E-state index contributed by atoms with van der Waals surface area (Å²) < 4.78 is 0.920. The monoisotopic (exact) mass is 420 g/mol. The van der Waals surface area contributed by atoms with E-state index < -0.39 is 0 Å². The highest BCUT2D eigenvalue weighted by molar-refractivity contribution is 9.10. The lowest BCUT2D eigenvalue weighted by Crippen LogP contribution is -2.30. The molecule has 5 heteroatoms. The number of hydrogen-bond acceptors (Lipinski definition) is 3. The van der Waals surface area contributed by atoms with E-state index in [1.165, 1.54) is 0 Å². The van der Waals surface area contributed by atoms with Crippen molar-refractivity contribution in [3.05, 3.63) is 106 Å². The molecule has 1 N–H and O–H groups in total. The standard InChI is InChI=1S/C22H17BrN2O2/c23-17-10-6-9-16(13-17)20-19(15-7-2-1-3-8-15)21(26)22(27)25(20)14-18-11-4-5-12-24-18/h1-13,20,26H,14H2. The van der Waals surface area contributed by atoms with E-state index in [4.69, 9.17) is 0 Å². The molecular formula is C22H17BrN2O2. The van der Waals surface area contributed by atoms with Gasteiger partial charge in [0.05, 0.1) is 18.3 Å². The molecule has 0 radical (unpaired) electrons. The first kappa shape index (κ1) is 17.5. The predicted molar refractivity (Wildman–Crippen MR) is 108 cm³/mol. The van der Waals surface area contributed by atoms with Gasteiger partial charge in [-0.15, -0.1) is 0 Å². The Morgan fingerprint density at radius 3 is 2.48 bits per heavy atom. The third-order valence-electron chi connectivity index (χ3n) is 4.61. The van der Waals surface area contributed by atoms with Crippen LogP contribution in [0.25, 0.3) is 5.57 Å². The van der Waals surface area contributed by atoms with Crippen LogP contribution in [0.3, 0.4) is 0 Å². The summed E-state index contributed by atoms with van der Waals surface area (Å²) >= 11 is 3.51. The van der Waals surface area contributed by atoms with Crippen LogP contribution in [0, 0.1) is 0 Å². The van der Waals surface area contributed by atoms with Crippen molar-refractivity contribution < 1.29 is 9.90 Å². The van der Waals surface area contributed by atoms with Crippen LogP contribution in [0.1, 0.15) is 22.9 Å². The third kappa shape index (κ3) is 3.38. The largest absolute Gasteiger partial charge is 0.503 e. The Bertz CT molecular complexity index is 1000. The smallest absolute Gasteiger partial charge is 0.290 e. The molecule has 0 aliphatic carbocycles. The molecule has 2 aromatic carbocycles. The zero-order valence-corrected chi connectivity index (χ0v) is 16.0. The Morgan fingerprint density at radius 1 is 1.00 bits per heavy atom. The summed E-state index contributed by atoms with van der Waals surface area (Å²) in [6, 6.07) is 22.6. The van der Waals surface area contributed by atoms with E-state index in [1.54, 1.807) is 11.1 Å². The molecule has 134 valence electrons. The molecule has 0 fully saturated rings. The molecule has 1 unspecified atom stereocenters. The van der Waals surface area contributed by atoms with Gasteiger partial charge in [0.1, 0.15) is 0 Å².